The molecule has 0 unspecified atom stereocenters. The summed E-state index contributed by atoms with van der Waals surface area (Å²) in [6.07, 6.45) is 2.69. The molecule has 19 heavy (non-hydrogen) atoms. The number of hydrogen-bond acceptors (Lipinski definition) is 6. The van der Waals surface area contributed by atoms with Gasteiger partial charge in [-0.2, -0.15) is 5.10 Å². The Hall–Kier alpha value is -2.02. The van der Waals surface area contributed by atoms with Crippen molar-refractivity contribution in [3.05, 3.63) is 44.3 Å². The number of aromatic nitrogens is 3. The van der Waals surface area contributed by atoms with E-state index in [1.165, 1.54) is 30.5 Å². The van der Waals surface area contributed by atoms with Crippen LogP contribution in [0, 0.1) is 0 Å². The first-order valence-electron chi connectivity index (χ1n) is 5.75. The molecule has 0 aromatic carbocycles. The summed E-state index contributed by atoms with van der Waals surface area (Å²) < 4.78 is 6.19. The van der Waals surface area contributed by atoms with Crippen molar-refractivity contribution < 1.29 is 9.53 Å². The van der Waals surface area contributed by atoms with Crippen LogP contribution in [0.5, 0.6) is 0 Å². The van der Waals surface area contributed by atoms with Crippen LogP contribution in [0.25, 0.3) is 0 Å². The highest BCUT2D eigenvalue weighted by Crippen LogP contribution is 2.14. The quantitative estimate of drug-likeness (QED) is 0.785. The van der Waals surface area contributed by atoms with Gasteiger partial charge >= 0.3 is 5.97 Å². The van der Waals surface area contributed by atoms with E-state index in [-0.39, 0.29) is 17.9 Å². The number of thiazole rings is 1. The van der Waals surface area contributed by atoms with Gasteiger partial charge in [0, 0.05) is 24.2 Å². The number of aryl methyl sites for hydroxylation is 2. The Balaban J connectivity index is 2.00. The Bertz CT molecular complexity index is 648. The smallest absolute Gasteiger partial charge is 0.359 e. The molecule has 0 bridgehead atoms. The van der Waals surface area contributed by atoms with E-state index in [0.29, 0.717) is 0 Å². The first-order chi connectivity index (χ1) is 9.10. The number of esters is 1. The maximum absolute atomic E-state index is 11.7. The number of carbonyl (C=O) groups is 1. The number of nitrogens with zero attached hydrogens (tertiary/aromatic N) is 3. The maximum Gasteiger partial charge on any atom is 0.359 e. The molecule has 100 valence electrons. The van der Waals surface area contributed by atoms with E-state index >= 15 is 0 Å². The minimum absolute atomic E-state index is 0.106. The summed E-state index contributed by atoms with van der Waals surface area (Å²) in [5.74, 6) is -0.566. The summed E-state index contributed by atoms with van der Waals surface area (Å²) in [4.78, 5) is 28.2. The fraction of sp³-hybridized carbons (Fsp3) is 0.333. The molecule has 2 heterocycles. The van der Waals surface area contributed by atoms with Crippen LogP contribution in [0.1, 0.15) is 27.3 Å². The Morgan fingerprint density at radius 1 is 1.47 bits per heavy atom. The van der Waals surface area contributed by atoms with Crippen LogP contribution < -0.4 is 5.56 Å². The zero-order valence-electron chi connectivity index (χ0n) is 10.6. The van der Waals surface area contributed by atoms with Gasteiger partial charge in [0.25, 0.3) is 5.56 Å². The van der Waals surface area contributed by atoms with Crippen molar-refractivity contribution in [2.45, 2.75) is 20.0 Å². The molecule has 0 amide bonds. The van der Waals surface area contributed by atoms with Crippen LogP contribution in [0.4, 0.5) is 0 Å². The molecule has 0 aliphatic rings. The number of carbonyl (C=O) groups excluding carboxylic acids is 1. The van der Waals surface area contributed by atoms with E-state index in [2.05, 4.69) is 10.1 Å². The lowest BCUT2D eigenvalue weighted by atomic mass is 10.4. The van der Waals surface area contributed by atoms with Gasteiger partial charge in [-0.05, 0) is 12.5 Å². The molecule has 2 aromatic heterocycles. The first-order valence-corrected chi connectivity index (χ1v) is 6.57. The molecule has 0 aliphatic carbocycles. The molecule has 2 aromatic rings. The molecule has 0 atom stereocenters. The van der Waals surface area contributed by atoms with Crippen molar-refractivity contribution in [2.24, 2.45) is 7.05 Å². The Labute approximate surface area is 113 Å². The number of hydrogen-bond donors (Lipinski definition) is 0. The second-order valence-corrected chi connectivity index (χ2v) is 5.03. The molecule has 2 rings (SSSR count). The summed E-state index contributed by atoms with van der Waals surface area (Å²) in [6.45, 7) is 2.16. The van der Waals surface area contributed by atoms with Gasteiger partial charge in [-0.1, -0.05) is 6.92 Å². The molecular weight excluding hydrogens is 266 g/mol. The Morgan fingerprint density at radius 2 is 2.26 bits per heavy atom. The first kappa shape index (κ1) is 13.4. The highest BCUT2D eigenvalue weighted by molar-refractivity contribution is 7.11. The zero-order chi connectivity index (χ0) is 13.8. The van der Waals surface area contributed by atoms with Crippen molar-refractivity contribution >= 4 is 17.3 Å². The molecule has 0 spiro atoms. The van der Waals surface area contributed by atoms with Gasteiger partial charge in [0.05, 0.1) is 0 Å². The van der Waals surface area contributed by atoms with Gasteiger partial charge in [0.1, 0.15) is 11.6 Å². The normalized spacial score (nSPS) is 10.4. The van der Waals surface area contributed by atoms with E-state index < -0.39 is 5.97 Å². The third-order valence-corrected chi connectivity index (χ3v) is 3.56. The Kier molecular flexibility index (Phi) is 4.06. The van der Waals surface area contributed by atoms with Gasteiger partial charge in [-0.15, -0.1) is 11.3 Å². The fourth-order valence-corrected chi connectivity index (χ4v) is 2.17. The van der Waals surface area contributed by atoms with E-state index in [4.69, 9.17) is 4.74 Å². The summed E-state index contributed by atoms with van der Waals surface area (Å²) in [6, 6.07) is 2.63. The lowest BCUT2D eigenvalue weighted by Crippen LogP contribution is -2.21. The molecule has 0 saturated heterocycles. The van der Waals surface area contributed by atoms with E-state index in [1.807, 2.05) is 6.92 Å². The molecule has 0 N–H and O–H groups in total. The minimum atomic E-state index is -0.566. The Morgan fingerprint density at radius 3 is 2.89 bits per heavy atom. The van der Waals surface area contributed by atoms with Crippen molar-refractivity contribution in [3.63, 3.8) is 0 Å². The highest BCUT2D eigenvalue weighted by Gasteiger charge is 2.11. The number of ether oxygens (including phenoxy) is 1. The van der Waals surface area contributed by atoms with Crippen molar-refractivity contribution in [1.29, 1.82) is 0 Å². The fourth-order valence-electron chi connectivity index (χ4n) is 1.39. The maximum atomic E-state index is 11.7. The van der Waals surface area contributed by atoms with Crippen LogP contribution in [-0.4, -0.2) is 20.7 Å². The minimum Gasteiger partial charge on any atom is -0.454 e. The third kappa shape index (κ3) is 3.25. The van der Waals surface area contributed by atoms with Crippen LogP contribution in [0.2, 0.25) is 0 Å². The molecule has 7 heteroatoms. The average Bonchev–Trinajstić information content (AvgIpc) is 2.87. The van der Waals surface area contributed by atoms with Crippen LogP contribution in [0.3, 0.4) is 0 Å². The van der Waals surface area contributed by atoms with Crippen molar-refractivity contribution in [2.75, 3.05) is 0 Å². The lowest BCUT2D eigenvalue weighted by Gasteiger charge is -2.02. The lowest BCUT2D eigenvalue weighted by molar-refractivity contribution is 0.0462. The van der Waals surface area contributed by atoms with E-state index in [1.54, 1.807) is 6.20 Å². The predicted molar refractivity (Wildman–Crippen MR) is 70.1 cm³/mol. The van der Waals surface area contributed by atoms with Gasteiger partial charge in [-0.3, -0.25) is 4.79 Å². The summed E-state index contributed by atoms with van der Waals surface area (Å²) >= 11 is 1.51. The van der Waals surface area contributed by atoms with Gasteiger partial charge in [-0.25, -0.2) is 14.5 Å². The highest BCUT2D eigenvalue weighted by atomic mass is 32.1. The summed E-state index contributed by atoms with van der Waals surface area (Å²) in [7, 11) is 1.48. The molecule has 0 aliphatic heterocycles. The van der Waals surface area contributed by atoms with Crippen LogP contribution in [0.15, 0.2) is 23.1 Å². The van der Waals surface area contributed by atoms with Crippen molar-refractivity contribution in [3.8, 4) is 0 Å². The SMILES string of the molecule is CCc1cnc(COC(=O)c2ccc(=O)n(C)n2)s1. The predicted octanol–water partition coefficient (Wildman–Crippen LogP) is 1.16. The van der Waals surface area contributed by atoms with Crippen LogP contribution in [-0.2, 0) is 24.8 Å². The molecule has 0 radical (unpaired) electrons. The van der Waals surface area contributed by atoms with Gasteiger partial charge < -0.3 is 4.74 Å². The van der Waals surface area contributed by atoms with E-state index in [9.17, 15) is 9.59 Å². The molecule has 0 fully saturated rings. The molecular formula is C12H13N3O3S. The second kappa shape index (κ2) is 5.75. The summed E-state index contributed by atoms with van der Waals surface area (Å²) in [5.41, 5.74) is -0.168. The zero-order valence-corrected chi connectivity index (χ0v) is 11.4. The van der Waals surface area contributed by atoms with Crippen LogP contribution >= 0.6 is 11.3 Å². The second-order valence-electron chi connectivity index (χ2n) is 3.83. The topological polar surface area (TPSA) is 74.1 Å². The van der Waals surface area contributed by atoms with Crippen molar-refractivity contribution in [1.82, 2.24) is 14.8 Å². The monoisotopic (exact) mass is 279 g/mol. The molecule has 6 nitrogen and oxygen atoms in total. The average molecular weight is 279 g/mol. The van der Waals surface area contributed by atoms with Gasteiger partial charge in [0.15, 0.2) is 5.69 Å². The van der Waals surface area contributed by atoms with Gasteiger partial charge in [0.2, 0.25) is 0 Å². The summed E-state index contributed by atoms with van der Waals surface area (Å²) in [5, 5.41) is 4.56. The third-order valence-electron chi connectivity index (χ3n) is 2.45. The number of rotatable bonds is 4. The molecule has 0 saturated carbocycles. The standard InChI is InChI=1S/C12H13N3O3S/c1-3-8-6-13-10(19-8)7-18-12(17)9-4-5-11(16)15(2)14-9/h4-6H,3,7H2,1-2H3. The van der Waals surface area contributed by atoms with E-state index in [0.717, 1.165) is 21.0 Å². The largest absolute Gasteiger partial charge is 0.454 e.